The van der Waals surface area contributed by atoms with Crippen LogP contribution in [0.25, 0.3) is 11.1 Å². The van der Waals surface area contributed by atoms with E-state index in [0.29, 0.717) is 6.54 Å². The summed E-state index contributed by atoms with van der Waals surface area (Å²) < 4.78 is 12.9. The fraction of sp³-hybridized carbons (Fsp3) is 0.323. The van der Waals surface area contributed by atoms with Gasteiger partial charge in [0.25, 0.3) is 0 Å². The first-order valence-electron chi connectivity index (χ1n) is 12.7. The van der Waals surface area contributed by atoms with Gasteiger partial charge in [-0.05, 0) is 34.9 Å². The van der Waals surface area contributed by atoms with Gasteiger partial charge in [0.15, 0.2) is 6.29 Å². The Morgan fingerprint density at radius 2 is 1.76 bits per heavy atom. The zero-order chi connectivity index (χ0) is 26.2. The van der Waals surface area contributed by atoms with Gasteiger partial charge in [0, 0.05) is 38.5 Å². The molecule has 0 aromatic heterocycles. The first-order valence-corrected chi connectivity index (χ1v) is 12.7. The highest BCUT2D eigenvalue weighted by Crippen LogP contribution is 2.38. The van der Waals surface area contributed by atoms with E-state index in [1.54, 1.807) is 0 Å². The molecule has 2 N–H and O–H groups in total. The average molecular weight is 501 g/mol. The van der Waals surface area contributed by atoms with E-state index >= 15 is 0 Å². The molecular weight excluding hydrogens is 464 g/mol. The molecule has 1 heterocycles. The Bertz CT molecular complexity index is 1180. The normalized spacial score (nSPS) is 19.5. The van der Waals surface area contributed by atoms with Gasteiger partial charge in [-0.3, -0.25) is 4.79 Å². The van der Waals surface area contributed by atoms with Crippen molar-refractivity contribution in [1.29, 1.82) is 0 Å². The summed E-state index contributed by atoms with van der Waals surface area (Å²) in [5.41, 5.74) is 6.12. The molecule has 0 bridgehead atoms. The number of hydrogen-bond acceptors (Lipinski definition) is 5. The molecule has 6 heteroatoms. The van der Waals surface area contributed by atoms with E-state index in [9.17, 15) is 9.90 Å². The number of aliphatic hydroxyl groups excluding tert-OH is 1. The molecule has 3 aromatic carbocycles. The minimum atomic E-state index is -0.498. The summed E-state index contributed by atoms with van der Waals surface area (Å²) >= 11 is 0. The van der Waals surface area contributed by atoms with Crippen molar-refractivity contribution in [3.05, 3.63) is 108 Å². The quantitative estimate of drug-likeness (QED) is 0.377. The highest BCUT2D eigenvalue weighted by Gasteiger charge is 2.32. The fourth-order valence-corrected chi connectivity index (χ4v) is 4.67. The number of benzene rings is 3. The zero-order valence-corrected chi connectivity index (χ0v) is 21.6. The molecule has 0 saturated carbocycles. The molecule has 0 spiro atoms. The number of hydrogen-bond donors (Lipinski definition) is 2. The smallest absolute Gasteiger partial charge is 0.217 e. The zero-order valence-electron chi connectivity index (χ0n) is 21.6. The van der Waals surface area contributed by atoms with Crippen molar-refractivity contribution in [2.24, 2.45) is 0 Å². The second kappa shape index (κ2) is 12.8. The van der Waals surface area contributed by atoms with Gasteiger partial charge < -0.3 is 24.8 Å². The van der Waals surface area contributed by atoms with Crippen LogP contribution in [0.1, 0.15) is 48.0 Å². The SMILES string of the molecule is C=CCN(C)C[C@@H]1C[C@H](c2ccc(CO)cc2)O[C@H](c2ccc(-c3ccccc3CNC(C)=O)cc2)O1. The Morgan fingerprint density at radius 3 is 2.43 bits per heavy atom. The summed E-state index contributed by atoms with van der Waals surface area (Å²) in [6.45, 7) is 7.43. The lowest BCUT2D eigenvalue weighted by Crippen LogP contribution is -2.37. The van der Waals surface area contributed by atoms with Gasteiger partial charge in [-0.15, -0.1) is 6.58 Å². The largest absolute Gasteiger partial charge is 0.392 e. The fourth-order valence-electron chi connectivity index (χ4n) is 4.67. The number of aliphatic hydroxyl groups is 1. The molecule has 4 rings (SSSR count). The molecule has 0 radical (unpaired) electrons. The highest BCUT2D eigenvalue weighted by molar-refractivity contribution is 5.74. The monoisotopic (exact) mass is 500 g/mol. The molecule has 6 nitrogen and oxygen atoms in total. The van der Waals surface area contributed by atoms with Gasteiger partial charge in [0.1, 0.15) is 0 Å². The lowest BCUT2D eigenvalue weighted by atomic mass is 9.97. The van der Waals surface area contributed by atoms with Gasteiger partial charge >= 0.3 is 0 Å². The predicted molar refractivity (Wildman–Crippen MR) is 146 cm³/mol. The summed E-state index contributed by atoms with van der Waals surface area (Å²) in [4.78, 5) is 13.6. The molecule has 0 unspecified atom stereocenters. The maximum Gasteiger partial charge on any atom is 0.217 e. The molecule has 1 amide bonds. The number of carbonyl (C=O) groups excluding carboxylic acids is 1. The topological polar surface area (TPSA) is 71.0 Å². The standard InChI is InChI=1S/C31H36N2O4/c1-4-17-33(3)20-28-18-30(25-11-9-23(21-34)10-12-25)37-31(36-28)26-15-13-24(14-16-26)29-8-6-5-7-27(29)19-32-22(2)35/h4-16,28,30-31,34H,1,17-21H2,2-3H3,(H,32,35)/t28-,30+,31+/m0/s1. The highest BCUT2D eigenvalue weighted by atomic mass is 16.7. The first-order chi connectivity index (χ1) is 18.0. The summed E-state index contributed by atoms with van der Waals surface area (Å²) in [7, 11) is 2.06. The van der Waals surface area contributed by atoms with Gasteiger partial charge in [0.2, 0.25) is 5.91 Å². The van der Waals surface area contributed by atoms with Crippen LogP contribution in [0.2, 0.25) is 0 Å². The van der Waals surface area contributed by atoms with E-state index in [-0.39, 0.29) is 24.7 Å². The van der Waals surface area contributed by atoms with E-state index in [2.05, 4.69) is 54.2 Å². The third kappa shape index (κ3) is 7.14. The van der Waals surface area contributed by atoms with Crippen LogP contribution >= 0.6 is 0 Å². The number of nitrogens with one attached hydrogen (secondary N) is 1. The molecule has 0 aliphatic carbocycles. The molecule has 1 saturated heterocycles. The van der Waals surface area contributed by atoms with E-state index < -0.39 is 6.29 Å². The Morgan fingerprint density at radius 1 is 1.05 bits per heavy atom. The van der Waals surface area contributed by atoms with Gasteiger partial charge in [-0.2, -0.15) is 0 Å². The number of carbonyl (C=O) groups is 1. The third-order valence-corrected chi connectivity index (χ3v) is 6.61. The van der Waals surface area contributed by atoms with E-state index in [1.165, 1.54) is 6.92 Å². The van der Waals surface area contributed by atoms with Crippen molar-refractivity contribution < 1.29 is 19.4 Å². The lowest BCUT2D eigenvalue weighted by Gasteiger charge is -2.37. The molecule has 1 aliphatic heterocycles. The van der Waals surface area contributed by atoms with Gasteiger partial charge in [0.05, 0.1) is 18.8 Å². The van der Waals surface area contributed by atoms with Crippen molar-refractivity contribution >= 4 is 5.91 Å². The van der Waals surface area contributed by atoms with Crippen molar-refractivity contribution in [2.75, 3.05) is 20.1 Å². The predicted octanol–water partition coefficient (Wildman–Crippen LogP) is 5.15. The summed E-state index contributed by atoms with van der Waals surface area (Å²) in [5, 5.41) is 12.3. The van der Waals surface area contributed by atoms with Crippen LogP contribution in [0.4, 0.5) is 0 Å². The van der Waals surface area contributed by atoms with Crippen LogP contribution in [0.3, 0.4) is 0 Å². The van der Waals surface area contributed by atoms with Crippen molar-refractivity contribution in [1.82, 2.24) is 10.2 Å². The second-order valence-electron chi connectivity index (χ2n) is 9.55. The van der Waals surface area contributed by atoms with Crippen LogP contribution in [0, 0.1) is 0 Å². The van der Waals surface area contributed by atoms with Crippen molar-refractivity contribution in [2.45, 2.75) is 45.0 Å². The molecule has 194 valence electrons. The van der Waals surface area contributed by atoms with Crippen LogP contribution in [-0.2, 0) is 27.4 Å². The third-order valence-electron chi connectivity index (χ3n) is 6.61. The second-order valence-corrected chi connectivity index (χ2v) is 9.55. The van der Waals surface area contributed by atoms with Crippen LogP contribution in [0.15, 0.2) is 85.5 Å². The Labute approximate surface area is 219 Å². The molecular formula is C31H36N2O4. The van der Waals surface area contributed by atoms with Crippen LogP contribution in [-0.4, -0.2) is 42.2 Å². The summed E-state index contributed by atoms with van der Waals surface area (Å²) in [6, 6.07) is 24.3. The van der Waals surface area contributed by atoms with Crippen molar-refractivity contribution in [3.8, 4) is 11.1 Å². The van der Waals surface area contributed by atoms with E-state index in [4.69, 9.17) is 9.47 Å². The number of likely N-dealkylation sites (N-methyl/N-ethyl adjacent to an activating group) is 1. The average Bonchev–Trinajstić information content (AvgIpc) is 2.92. The first kappa shape index (κ1) is 26.8. The number of rotatable bonds is 10. The Balaban J connectivity index is 1.56. The molecule has 3 aromatic rings. The van der Waals surface area contributed by atoms with E-state index in [1.807, 2.05) is 48.5 Å². The van der Waals surface area contributed by atoms with Gasteiger partial charge in [-0.1, -0.05) is 78.9 Å². The summed E-state index contributed by atoms with van der Waals surface area (Å²) in [6.07, 6.45) is 2.01. The molecule has 3 atom stereocenters. The molecule has 37 heavy (non-hydrogen) atoms. The summed E-state index contributed by atoms with van der Waals surface area (Å²) in [5.74, 6) is -0.0504. The maximum absolute atomic E-state index is 11.4. The van der Waals surface area contributed by atoms with E-state index in [0.717, 1.165) is 52.9 Å². The number of ether oxygens (including phenoxy) is 2. The molecule has 1 fully saturated rings. The minimum absolute atomic E-state index is 0.00993. The van der Waals surface area contributed by atoms with Crippen LogP contribution < -0.4 is 5.32 Å². The van der Waals surface area contributed by atoms with Crippen molar-refractivity contribution in [3.63, 3.8) is 0 Å². The van der Waals surface area contributed by atoms with Gasteiger partial charge in [-0.25, -0.2) is 0 Å². The van der Waals surface area contributed by atoms with Crippen LogP contribution in [0.5, 0.6) is 0 Å². The molecule has 1 aliphatic rings. The lowest BCUT2D eigenvalue weighted by molar-refractivity contribution is -0.252. The number of nitrogens with zero attached hydrogens (tertiary/aromatic N) is 1. The Hall–Kier alpha value is -3.29. The number of amides is 1. The minimum Gasteiger partial charge on any atom is -0.392 e. The Kier molecular flexibility index (Phi) is 9.25. The maximum atomic E-state index is 11.4.